The highest BCUT2D eigenvalue weighted by atomic mass is 14.7. The van der Waals surface area contributed by atoms with Crippen molar-refractivity contribution in [2.45, 2.75) is 0 Å². The van der Waals surface area contributed by atoms with Crippen LogP contribution in [0.2, 0.25) is 0 Å². The number of para-hydroxylation sites is 1. The van der Waals surface area contributed by atoms with Gasteiger partial charge in [-0.15, -0.1) is 0 Å². The molecule has 0 radical (unpaired) electrons. The molecule has 0 aliphatic carbocycles. The van der Waals surface area contributed by atoms with Crippen LogP contribution in [0.4, 0.5) is 0 Å². The predicted octanol–water partition coefficient (Wildman–Crippen LogP) is 11.8. The summed E-state index contributed by atoms with van der Waals surface area (Å²) in [6.45, 7) is 0. The van der Waals surface area contributed by atoms with Gasteiger partial charge < -0.3 is 0 Å². The van der Waals surface area contributed by atoms with Gasteiger partial charge in [0.2, 0.25) is 0 Å². The number of benzene rings is 7. The summed E-state index contributed by atoms with van der Waals surface area (Å²) in [7, 11) is 0. The molecule has 0 fully saturated rings. The predicted molar refractivity (Wildman–Crippen MR) is 194 cm³/mol. The third-order valence-corrected chi connectivity index (χ3v) is 9.13. The van der Waals surface area contributed by atoms with Gasteiger partial charge in [0.25, 0.3) is 0 Å². The first kappa shape index (κ1) is 26.3. The van der Waals surface area contributed by atoms with Gasteiger partial charge in [-0.1, -0.05) is 140 Å². The summed E-state index contributed by atoms with van der Waals surface area (Å²) in [5, 5.41) is 8.58. The molecule has 214 valence electrons. The molecule has 0 N–H and O–H groups in total. The molecule has 0 unspecified atom stereocenters. The number of nitrogens with zero attached hydrogens (tertiary/aromatic N) is 2. The van der Waals surface area contributed by atoms with Gasteiger partial charge in [-0.05, 0) is 78.3 Å². The molecule has 46 heavy (non-hydrogen) atoms. The quantitative estimate of drug-likeness (QED) is 0.192. The fraction of sp³-hybridized carbons (Fsp3) is 0. The molecule has 9 rings (SSSR count). The molecule has 2 heterocycles. The molecule has 0 aliphatic heterocycles. The molecule has 9 aromatic rings. The van der Waals surface area contributed by atoms with Gasteiger partial charge >= 0.3 is 0 Å². The van der Waals surface area contributed by atoms with Crippen LogP contribution in [-0.4, -0.2) is 9.97 Å². The van der Waals surface area contributed by atoms with Crippen molar-refractivity contribution in [2.75, 3.05) is 0 Å². The van der Waals surface area contributed by atoms with Gasteiger partial charge in [0.1, 0.15) is 0 Å². The average Bonchev–Trinajstić information content (AvgIpc) is 3.13. The number of fused-ring (bicyclic) bond motifs is 4. The Balaban J connectivity index is 1.27. The fourth-order valence-corrected chi connectivity index (χ4v) is 7.07. The van der Waals surface area contributed by atoms with E-state index >= 15 is 0 Å². The van der Waals surface area contributed by atoms with Crippen molar-refractivity contribution < 1.29 is 0 Å². The second kappa shape index (κ2) is 10.8. The van der Waals surface area contributed by atoms with E-state index in [9.17, 15) is 0 Å². The summed E-state index contributed by atoms with van der Waals surface area (Å²) >= 11 is 0. The smallest absolute Gasteiger partial charge is 0.0725 e. The summed E-state index contributed by atoms with van der Waals surface area (Å²) in [5.41, 5.74) is 10.1. The van der Waals surface area contributed by atoms with Crippen LogP contribution in [0, 0.1) is 0 Å². The summed E-state index contributed by atoms with van der Waals surface area (Å²) < 4.78 is 0. The lowest BCUT2D eigenvalue weighted by molar-refractivity contribution is 1.30. The van der Waals surface area contributed by atoms with E-state index in [1.54, 1.807) is 0 Å². The molecule has 0 saturated heterocycles. The van der Waals surface area contributed by atoms with Crippen molar-refractivity contribution in [2.24, 2.45) is 0 Å². The van der Waals surface area contributed by atoms with Crippen molar-refractivity contribution in [1.29, 1.82) is 0 Å². The van der Waals surface area contributed by atoms with E-state index in [1.807, 2.05) is 24.5 Å². The number of hydrogen-bond acceptors (Lipinski definition) is 2. The second-order valence-electron chi connectivity index (χ2n) is 11.8. The Hall–Kier alpha value is -6.12. The van der Waals surface area contributed by atoms with Crippen molar-refractivity contribution in [1.82, 2.24) is 9.97 Å². The van der Waals surface area contributed by atoms with Crippen LogP contribution in [0.5, 0.6) is 0 Å². The van der Waals surface area contributed by atoms with Crippen LogP contribution in [0.1, 0.15) is 0 Å². The zero-order chi connectivity index (χ0) is 30.5. The van der Waals surface area contributed by atoms with E-state index in [1.165, 1.54) is 54.6 Å². The van der Waals surface area contributed by atoms with Gasteiger partial charge in [-0.2, -0.15) is 0 Å². The van der Waals surface area contributed by atoms with Gasteiger partial charge in [0.15, 0.2) is 0 Å². The average molecular weight is 585 g/mol. The summed E-state index contributed by atoms with van der Waals surface area (Å²) in [6.07, 6.45) is 3.87. The van der Waals surface area contributed by atoms with Crippen molar-refractivity contribution in [3.05, 3.63) is 170 Å². The first-order valence-electron chi connectivity index (χ1n) is 15.7. The van der Waals surface area contributed by atoms with Crippen LogP contribution in [0.15, 0.2) is 170 Å². The van der Waals surface area contributed by atoms with E-state index < -0.39 is 0 Å². The Kier molecular flexibility index (Phi) is 6.17. The number of pyridine rings is 2. The number of rotatable bonds is 4. The Morgan fingerprint density at radius 1 is 0.348 bits per heavy atom. The molecule has 0 aliphatic rings. The van der Waals surface area contributed by atoms with Crippen LogP contribution in [0.25, 0.3) is 87.9 Å². The monoisotopic (exact) mass is 584 g/mol. The minimum atomic E-state index is 0.922. The lowest BCUT2D eigenvalue weighted by Gasteiger charge is -2.19. The van der Waals surface area contributed by atoms with Gasteiger partial charge in [-0.3, -0.25) is 4.98 Å². The van der Waals surface area contributed by atoms with E-state index in [2.05, 4.69) is 151 Å². The van der Waals surface area contributed by atoms with E-state index in [-0.39, 0.29) is 0 Å². The van der Waals surface area contributed by atoms with E-state index in [4.69, 9.17) is 4.98 Å². The van der Waals surface area contributed by atoms with Gasteiger partial charge in [0.05, 0.1) is 11.2 Å². The zero-order valence-corrected chi connectivity index (χ0v) is 25.1. The largest absolute Gasteiger partial charge is 0.263 e. The topological polar surface area (TPSA) is 25.8 Å². The zero-order valence-electron chi connectivity index (χ0n) is 25.1. The molecular weight excluding hydrogens is 556 g/mol. The van der Waals surface area contributed by atoms with Crippen molar-refractivity contribution >= 4 is 43.2 Å². The Morgan fingerprint density at radius 3 is 1.65 bits per heavy atom. The number of hydrogen-bond donors (Lipinski definition) is 0. The molecule has 0 amide bonds. The van der Waals surface area contributed by atoms with Crippen molar-refractivity contribution in [3.63, 3.8) is 0 Å². The molecule has 2 heteroatoms. The molecular formula is C44H28N2. The SMILES string of the molecule is c1ccc(-c2c3ccccc3c(-c3cccc4c(-c5cncc(-c6ccc7ccccc7n6)c5)cccc34)c3ccccc23)cc1. The Bertz CT molecular complexity index is 2530. The first-order chi connectivity index (χ1) is 22.8. The Labute approximate surface area is 267 Å². The highest BCUT2D eigenvalue weighted by molar-refractivity contribution is 6.24. The lowest BCUT2D eigenvalue weighted by atomic mass is 9.84. The maximum atomic E-state index is 4.94. The minimum absolute atomic E-state index is 0.922. The van der Waals surface area contributed by atoms with E-state index in [0.29, 0.717) is 0 Å². The standard InChI is InChI=1S/C44H28N2/c1-2-13-30(14-3-1)43-37-15-5-7-17-39(37)44(40-18-8-6-16-38(40)43)36-22-11-20-34-33(19-10-21-35(34)36)31-26-32(28-45-27-31)42-25-24-29-12-4-9-23-41(29)46-42/h1-28H. The molecule has 2 nitrogen and oxygen atoms in total. The summed E-state index contributed by atoms with van der Waals surface area (Å²) in [5.74, 6) is 0. The highest BCUT2D eigenvalue weighted by Gasteiger charge is 2.18. The number of aromatic nitrogens is 2. The lowest BCUT2D eigenvalue weighted by Crippen LogP contribution is -1.92. The van der Waals surface area contributed by atoms with Gasteiger partial charge in [-0.25, -0.2) is 4.98 Å². The van der Waals surface area contributed by atoms with Crippen LogP contribution in [0.3, 0.4) is 0 Å². The first-order valence-corrected chi connectivity index (χ1v) is 15.7. The normalized spacial score (nSPS) is 11.5. The summed E-state index contributed by atoms with van der Waals surface area (Å²) in [4.78, 5) is 9.63. The molecule has 7 aromatic carbocycles. The Morgan fingerprint density at radius 2 is 0.913 bits per heavy atom. The second-order valence-corrected chi connectivity index (χ2v) is 11.8. The minimum Gasteiger partial charge on any atom is -0.263 e. The maximum Gasteiger partial charge on any atom is 0.0725 e. The third kappa shape index (κ3) is 4.27. The maximum absolute atomic E-state index is 4.94. The fourth-order valence-electron chi connectivity index (χ4n) is 7.07. The van der Waals surface area contributed by atoms with Crippen molar-refractivity contribution in [3.8, 4) is 44.6 Å². The van der Waals surface area contributed by atoms with Crippen LogP contribution in [-0.2, 0) is 0 Å². The summed E-state index contributed by atoms with van der Waals surface area (Å²) in [6, 6.07) is 56.4. The highest BCUT2D eigenvalue weighted by Crippen LogP contribution is 2.46. The molecule has 0 atom stereocenters. The van der Waals surface area contributed by atoms with Crippen LogP contribution < -0.4 is 0 Å². The molecule has 0 spiro atoms. The molecule has 0 saturated carbocycles. The van der Waals surface area contributed by atoms with Crippen LogP contribution >= 0.6 is 0 Å². The third-order valence-electron chi connectivity index (χ3n) is 9.13. The van der Waals surface area contributed by atoms with Gasteiger partial charge in [0, 0.05) is 28.9 Å². The molecule has 0 bridgehead atoms. The molecule has 2 aromatic heterocycles. The van der Waals surface area contributed by atoms with E-state index in [0.717, 1.165) is 33.3 Å².